The number of halogens is 1. The highest BCUT2D eigenvalue weighted by molar-refractivity contribution is 5.67. The number of rotatable bonds is 4. The zero-order valence-corrected chi connectivity index (χ0v) is 10.4. The highest BCUT2D eigenvalue weighted by atomic mass is 19.1. The van der Waals surface area contributed by atoms with Crippen LogP contribution in [0, 0.1) is 5.82 Å². The van der Waals surface area contributed by atoms with Gasteiger partial charge in [0, 0.05) is 18.2 Å². The molecule has 0 aliphatic carbocycles. The lowest BCUT2D eigenvalue weighted by Gasteiger charge is -2.05. The maximum atomic E-state index is 13.1. The molecule has 1 N–H and O–H groups in total. The topological polar surface area (TPSA) is 47.3 Å². The summed E-state index contributed by atoms with van der Waals surface area (Å²) in [5.41, 5.74) is 2.09. The molecular formula is C13H15FN2O2. The second kappa shape index (κ2) is 5.18. The molecule has 0 fully saturated rings. The second-order valence-electron chi connectivity index (χ2n) is 3.84. The number of benzene rings is 1. The van der Waals surface area contributed by atoms with Gasteiger partial charge in [0.15, 0.2) is 0 Å². The van der Waals surface area contributed by atoms with Crippen molar-refractivity contribution in [2.45, 2.75) is 20.1 Å². The van der Waals surface area contributed by atoms with Crippen LogP contribution in [-0.2, 0) is 13.2 Å². The van der Waals surface area contributed by atoms with E-state index in [9.17, 15) is 9.50 Å². The lowest BCUT2D eigenvalue weighted by Crippen LogP contribution is -2.02. The van der Waals surface area contributed by atoms with Crippen LogP contribution in [0.3, 0.4) is 0 Å². The second-order valence-corrected chi connectivity index (χ2v) is 3.84. The molecule has 0 aliphatic heterocycles. The summed E-state index contributed by atoms with van der Waals surface area (Å²) in [7, 11) is 1.49. The number of aliphatic hydroxyl groups excluding tert-OH is 1. The van der Waals surface area contributed by atoms with E-state index < -0.39 is 0 Å². The number of aryl methyl sites for hydroxylation is 1. The zero-order valence-electron chi connectivity index (χ0n) is 10.4. The first-order chi connectivity index (χ1) is 8.69. The third-order valence-corrected chi connectivity index (χ3v) is 2.76. The fourth-order valence-electron chi connectivity index (χ4n) is 1.86. The van der Waals surface area contributed by atoms with Gasteiger partial charge in [-0.05, 0) is 25.1 Å². The average molecular weight is 250 g/mol. The van der Waals surface area contributed by atoms with Crippen LogP contribution in [0.1, 0.15) is 12.6 Å². The van der Waals surface area contributed by atoms with Crippen molar-refractivity contribution < 1.29 is 14.2 Å². The van der Waals surface area contributed by atoms with Crippen LogP contribution < -0.4 is 4.74 Å². The molecule has 96 valence electrons. The molecule has 2 rings (SSSR count). The van der Waals surface area contributed by atoms with Gasteiger partial charge in [0.1, 0.15) is 11.6 Å². The van der Waals surface area contributed by atoms with Crippen molar-refractivity contribution >= 4 is 0 Å². The highest BCUT2D eigenvalue weighted by Gasteiger charge is 2.12. The van der Waals surface area contributed by atoms with Gasteiger partial charge >= 0.3 is 0 Å². The van der Waals surface area contributed by atoms with E-state index in [-0.39, 0.29) is 12.4 Å². The normalized spacial score (nSPS) is 10.7. The van der Waals surface area contributed by atoms with Crippen LogP contribution in [0.4, 0.5) is 4.39 Å². The number of aromatic nitrogens is 2. The fraction of sp³-hybridized carbons (Fsp3) is 0.308. The Labute approximate surface area is 105 Å². The molecule has 0 amide bonds. The van der Waals surface area contributed by atoms with E-state index in [1.165, 1.54) is 19.2 Å². The number of methoxy groups -OCH3 is 1. The van der Waals surface area contributed by atoms with Crippen LogP contribution >= 0.6 is 0 Å². The lowest BCUT2D eigenvalue weighted by atomic mass is 10.1. The molecule has 4 nitrogen and oxygen atoms in total. The quantitative estimate of drug-likeness (QED) is 0.905. The first-order valence-electron chi connectivity index (χ1n) is 5.71. The van der Waals surface area contributed by atoms with Gasteiger partial charge in [-0.15, -0.1) is 0 Å². The van der Waals surface area contributed by atoms with Crippen LogP contribution in [0.2, 0.25) is 0 Å². The molecular weight excluding hydrogens is 235 g/mol. The van der Waals surface area contributed by atoms with Gasteiger partial charge in [-0.3, -0.25) is 4.68 Å². The highest BCUT2D eigenvalue weighted by Crippen LogP contribution is 2.30. The van der Waals surface area contributed by atoms with E-state index in [1.807, 2.05) is 6.92 Å². The van der Waals surface area contributed by atoms with Gasteiger partial charge in [-0.2, -0.15) is 5.10 Å². The summed E-state index contributed by atoms with van der Waals surface area (Å²) in [4.78, 5) is 0. The first kappa shape index (κ1) is 12.6. The van der Waals surface area contributed by atoms with E-state index in [2.05, 4.69) is 5.10 Å². The maximum Gasteiger partial charge on any atom is 0.131 e. The Bertz CT molecular complexity index is 530. The summed E-state index contributed by atoms with van der Waals surface area (Å²) in [6, 6.07) is 6.08. The largest absolute Gasteiger partial charge is 0.496 e. The smallest absolute Gasteiger partial charge is 0.131 e. The van der Waals surface area contributed by atoms with Crippen molar-refractivity contribution in [3.63, 3.8) is 0 Å². The van der Waals surface area contributed by atoms with Crippen molar-refractivity contribution in [1.82, 2.24) is 9.78 Å². The molecule has 1 aromatic heterocycles. The van der Waals surface area contributed by atoms with Crippen LogP contribution in [0.25, 0.3) is 11.3 Å². The molecule has 2 aromatic rings. The summed E-state index contributed by atoms with van der Waals surface area (Å²) < 4.78 is 20.0. The number of aliphatic hydroxyl groups is 1. The van der Waals surface area contributed by atoms with Gasteiger partial charge in [-0.1, -0.05) is 0 Å². The standard InChI is InChI=1S/C13H15FN2O2/c1-3-16-10(8-17)7-12(15-16)11-5-4-9(14)6-13(11)18-2/h4-7,17H,3,8H2,1-2H3. The zero-order chi connectivity index (χ0) is 13.1. The minimum absolute atomic E-state index is 0.0790. The Balaban J connectivity index is 2.51. The predicted molar refractivity (Wildman–Crippen MR) is 65.8 cm³/mol. The third kappa shape index (κ3) is 2.22. The van der Waals surface area contributed by atoms with Gasteiger partial charge < -0.3 is 9.84 Å². The van der Waals surface area contributed by atoms with Crippen molar-refractivity contribution in [2.75, 3.05) is 7.11 Å². The molecule has 18 heavy (non-hydrogen) atoms. The fourth-order valence-corrected chi connectivity index (χ4v) is 1.86. The van der Waals surface area contributed by atoms with Crippen molar-refractivity contribution in [3.8, 4) is 17.0 Å². The van der Waals surface area contributed by atoms with Crippen molar-refractivity contribution in [2.24, 2.45) is 0 Å². The number of nitrogens with zero attached hydrogens (tertiary/aromatic N) is 2. The first-order valence-corrected chi connectivity index (χ1v) is 5.71. The summed E-state index contributed by atoms with van der Waals surface area (Å²) in [6.07, 6.45) is 0. The molecule has 1 heterocycles. The third-order valence-electron chi connectivity index (χ3n) is 2.76. The number of hydrogen-bond acceptors (Lipinski definition) is 3. The molecule has 0 unspecified atom stereocenters. The van der Waals surface area contributed by atoms with E-state index in [0.717, 1.165) is 5.69 Å². The SMILES string of the molecule is CCn1nc(-c2ccc(F)cc2OC)cc1CO. The number of hydrogen-bond donors (Lipinski definition) is 1. The minimum Gasteiger partial charge on any atom is -0.496 e. The van der Waals surface area contributed by atoms with E-state index in [4.69, 9.17) is 4.74 Å². The minimum atomic E-state index is -0.354. The van der Waals surface area contributed by atoms with E-state index in [1.54, 1.807) is 16.8 Å². The van der Waals surface area contributed by atoms with Gasteiger partial charge in [0.05, 0.1) is 25.1 Å². The summed E-state index contributed by atoms with van der Waals surface area (Å²) in [6.45, 7) is 2.53. The van der Waals surface area contributed by atoms with Crippen LogP contribution in [0.15, 0.2) is 24.3 Å². The Kier molecular flexibility index (Phi) is 3.62. The molecule has 0 radical (unpaired) electrons. The van der Waals surface area contributed by atoms with Gasteiger partial charge in [-0.25, -0.2) is 4.39 Å². The summed E-state index contributed by atoms with van der Waals surface area (Å²) in [5.74, 6) is 0.0770. The average Bonchev–Trinajstić information content (AvgIpc) is 2.81. The maximum absolute atomic E-state index is 13.1. The van der Waals surface area contributed by atoms with Crippen molar-refractivity contribution in [1.29, 1.82) is 0 Å². The van der Waals surface area contributed by atoms with Gasteiger partial charge in [0.2, 0.25) is 0 Å². The van der Waals surface area contributed by atoms with E-state index >= 15 is 0 Å². The van der Waals surface area contributed by atoms with Crippen LogP contribution in [0.5, 0.6) is 5.75 Å². The Hall–Kier alpha value is -1.88. The summed E-state index contributed by atoms with van der Waals surface area (Å²) in [5, 5.41) is 13.6. The molecule has 0 saturated carbocycles. The molecule has 0 saturated heterocycles. The van der Waals surface area contributed by atoms with Crippen LogP contribution in [-0.4, -0.2) is 22.0 Å². The molecule has 0 bridgehead atoms. The molecule has 5 heteroatoms. The molecule has 0 spiro atoms. The molecule has 0 aliphatic rings. The van der Waals surface area contributed by atoms with Crippen molar-refractivity contribution in [3.05, 3.63) is 35.8 Å². The number of ether oxygens (including phenoxy) is 1. The van der Waals surface area contributed by atoms with E-state index in [0.29, 0.717) is 23.6 Å². The van der Waals surface area contributed by atoms with Gasteiger partial charge in [0.25, 0.3) is 0 Å². The predicted octanol–water partition coefficient (Wildman–Crippen LogP) is 2.21. The lowest BCUT2D eigenvalue weighted by molar-refractivity contribution is 0.268. The molecule has 1 aromatic carbocycles. The molecule has 0 atom stereocenters. The Morgan fingerprint density at radius 2 is 2.17 bits per heavy atom. The summed E-state index contributed by atoms with van der Waals surface area (Å²) >= 11 is 0. The Morgan fingerprint density at radius 1 is 1.39 bits per heavy atom. The Morgan fingerprint density at radius 3 is 2.72 bits per heavy atom. The monoisotopic (exact) mass is 250 g/mol.